The maximum atomic E-state index is 12.3. The Bertz CT molecular complexity index is 591. The zero-order chi connectivity index (χ0) is 14.5. The van der Waals surface area contributed by atoms with Crippen molar-refractivity contribution in [1.82, 2.24) is 9.55 Å². The van der Waals surface area contributed by atoms with Gasteiger partial charge in [0.05, 0.1) is 11.4 Å². The summed E-state index contributed by atoms with van der Waals surface area (Å²) in [4.78, 5) is 16.6. The average molecular weight is 272 g/mol. The van der Waals surface area contributed by atoms with Crippen molar-refractivity contribution < 1.29 is 4.79 Å². The van der Waals surface area contributed by atoms with Gasteiger partial charge in [-0.15, -0.1) is 0 Å². The van der Waals surface area contributed by atoms with Crippen molar-refractivity contribution in [3.63, 3.8) is 0 Å². The lowest BCUT2D eigenvalue weighted by Crippen LogP contribution is -2.25. The lowest BCUT2D eigenvalue weighted by molar-refractivity contribution is -0.118. The molecule has 1 amide bonds. The van der Waals surface area contributed by atoms with Gasteiger partial charge in [-0.2, -0.15) is 0 Å². The molecule has 1 atom stereocenters. The summed E-state index contributed by atoms with van der Waals surface area (Å²) in [6.45, 7) is 3.95. The van der Waals surface area contributed by atoms with Crippen LogP contribution >= 0.6 is 0 Å². The minimum absolute atomic E-state index is 0.0988. The average Bonchev–Trinajstić information content (AvgIpc) is 2.89. The Morgan fingerprint density at radius 3 is 2.90 bits per heavy atom. The van der Waals surface area contributed by atoms with Crippen molar-refractivity contribution in [2.75, 3.05) is 11.1 Å². The maximum Gasteiger partial charge on any atom is 0.247 e. The van der Waals surface area contributed by atoms with Crippen molar-refractivity contribution in [2.24, 2.45) is 0 Å². The number of hydrogen-bond acceptors (Lipinski definition) is 3. The Balaban J connectivity index is 2.13. The molecule has 5 nitrogen and oxygen atoms in total. The van der Waals surface area contributed by atoms with E-state index in [0.29, 0.717) is 11.4 Å². The van der Waals surface area contributed by atoms with Gasteiger partial charge in [0.1, 0.15) is 11.9 Å². The Labute approximate surface area is 118 Å². The second-order valence-electron chi connectivity index (χ2n) is 4.75. The molecule has 5 heteroatoms. The van der Waals surface area contributed by atoms with Crippen LogP contribution < -0.4 is 11.1 Å². The van der Waals surface area contributed by atoms with Gasteiger partial charge in [-0.3, -0.25) is 4.79 Å². The normalized spacial score (nSPS) is 12.1. The summed E-state index contributed by atoms with van der Waals surface area (Å²) >= 11 is 0. The fraction of sp³-hybridized carbons (Fsp3) is 0.333. The number of nitrogens with one attached hydrogen (secondary N) is 1. The quantitative estimate of drug-likeness (QED) is 0.822. The number of nitrogen functional groups attached to an aromatic ring is 1. The number of imidazole rings is 1. The summed E-state index contributed by atoms with van der Waals surface area (Å²) in [5.41, 5.74) is 7.03. The fourth-order valence-electron chi connectivity index (χ4n) is 2.09. The number of para-hydroxylation sites is 2. The molecule has 1 unspecified atom stereocenters. The first-order valence-corrected chi connectivity index (χ1v) is 6.80. The van der Waals surface area contributed by atoms with E-state index in [9.17, 15) is 4.79 Å². The van der Waals surface area contributed by atoms with E-state index in [-0.39, 0.29) is 11.9 Å². The first kappa shape index (κ1) is 14.1. The number of carbonyl (C=O) groups excluding carboxylic acids is 1. The van der Waals surface area contributed by atoms with Gasteiger partial charge in [-0.25, -0.2) is 4.98 Å². The second-order valence-corrected chi connectivity index (χ2v) is 4.75. The zero-order valence-corrected chi connectivity index (χ0v) is 11.8. The number of amides is 1. The van der Waals surface area contributed by atoms with Crippen LogP contribution in [-0.4, -0.2) is 15.5 Å². The minimum Gasteiger partial charge on any atom is -0.397 e. The molecule has 0 aliphatic carbocycles. The van der Waals surface area contributed by atoms with E-state index in [1.807, 2.05) is 29.8 Å². The van der Waals surface area contributed by atoms with Gasteiger partial charge in [-0.1, -0.05) is 19.1 Å². The molecule has 2 rings (SSSR count). The lowest BCUT2D eigenvalue weighted by atomic mass is 10.2. The van der Waals surface area contributed by atoms with Gasteiger partial charge in [0.25, 0.3) is 0 Å². The number of nitrogens with two attached hydrogens (primary N) is 1. The van der Waals surface area contributed by atoms with Crippen LogP contribution in [0.25, 0.3) is 0 Å². The van der Waals surface area contributed by atoms with E-state index in [0.717, 1.165) is 18.7 Å². The van der Waals surface area contributed by atoms with Gasteiger partial charge in [0.15, 0.2) is 0 Å². The van der Waals surface area contributed by atoms with Gasteiger partial charge >= 0.3 is 0 Å². The van der Waals surface area contributed by atoms with Crippen molar-refractivity contribution in [1.29, 1.82) is 0 Å². The molecule has 1 aromatic carbocycles. The molecular formula is C15H20N4O. The van der Waals surface area contributed by atoms with Crippen molar-refractivity contribution in [3.05, 3.63) is 42.5 Å². The largest absolute Gasteiger partial charge is 0.397 e. The van der Waals surface area contributed by atoms with Crippen LogP contribution in [0.3, 0.4) is 0 Å². The third-order valence-corrected chi connectivity index (χ3v) is 3.24. The van der Waals surface area contributed by atoms with Crippen molar-refractivity contribution in [3.8, 4) is 0 Å². The third kappa shape index (κ3) is 2.99. The fourth-order valence-corrected chi connectivity index (χ4v) is 2.09. The van der Waals surface area contributed by atoms with E-state index < -0.39 is 0 Å². The minimum atomic E-state index is -0.321. The van der Waals surface area contributed by atoms with Gasteiger partial charge in [-0.05, 0) is 25.5 Å². The highest BCUT2D eigenvalue weighted by molar-refractivity contribution is 5.96. The van der Waals surface area contributed by atoms with Gasteiger partial charge < -0.3 is 15.6 Å². The number of hydrogen-bond donors (Lipinski definition) is 2. The molecule has 1 heterocycles. The van der Waals surface area contributed by atoms with Crippen LogP contribution in [0.2, 0.25) is 0 Å². The summed E-state index contributed by atoms with van der Waals surface area (Å²) in [6.07, 6.45) is 5.42. The molecule has 3 N–H and O–H groups in total. The predicted molar refractivity (Wildman–Crippen MR) is 80.4 cm³/mol. The lowest BCUT2D eigenvalue weighted by Gasteiger charge is -2.17. The zero-order valence-electron chi connectivity index (χ0n) is 11.8. The van der Waals surface area contributed by atoms with Crippen molar-refractivity contribution in [2.45, 2.75) is 32.7 Å². The monoisotopic (exact) mass is 272 g/mol. The number of aryl methyl sites for hydroxylation is 1. The summed E-state index contributed by atoms with van der Waals surface area (Å²) in [5.74, 6) is 0.828. The van der Waals surface area contributed by atoms with Gasteiger partial charge in [0, 0.05) is 18.8 Å². The molecule has 0 fully saturated rings. The number of nitrogens with zero attached hydrogens (tertiary/aromatic N) is 2. The van der Waals surface area contributed by atoms with Crippen LogP contribution in [-0.2, 0) is 11.2 Å². The molecule has 0 aliphatic rings. The van der Waals surface area contributed by atoms with E-state index >= 15 is 0 Å². The summed E-state index contributed by atoms with van der Waals surface area (Å²) < 4.78 is 1.90. The van der Waals surface area contributed by atoms with Gasteiger partial charge in [0.2, 0.25) is 5.91 Å². The number of anilines is 2. The van der Waals surface area contributed by atoms with Crippen LogP contribution in [0.5, 0.6) is 0 Å². The summed E-state index contributed by atoms with van der Waals surface area (Å²) in [5, 5.41) is 2.86. The predicted octanol–water partition coefficient (Wildman–Crippen LogP) is 2.62. The van der Waals surface area contributed by atoms with Crippen LogP contribution in [0.4, 0.5) is 11.4 Å². The van der Waals surface area contributed by atoms with E-state index in [2.05, 4.69) is 17.2 Å². The van der Waals surface area contributed by atoms with Crippen LogP contribution in [0, 0.1) is 0 Å². The highest BCUT2D eigenvalue weighted by Gasteiger charge is 2.18. The topological polar surface area (TPSA) is 72.9 Å². The maximum absolute atomic E-state index is 12.3. The Hall–Kier alpha value is -2.30. The highest BCUT2D eigenvalue weighted by atomic mass is 16.2. The molecule has 0 bridgehead atoms. The van der Waals surface area contributed by atoms with Crippen LogP contribution in [0.15, 0.2) is 36.7 Å². The molecule has 0 spiro atoms. The Morgan fingerprint density at radius 2 is 2.20 bits per heavy atom. The number of aromatic nitrogens is 2. The molecule has 1 aromatic heterocycles. The molecule has 0 saturated carbocycles. The molecular weight excluding hydrogens is 252 g/mol. The first-order valence-electron chi connectivity index (χ1n) is 6.80. The molecule has 106 valence electrons. The smallest absolute Gasteiger partial charge is 0.247 e. The van der Waals surface area contributed by atoms with Crippen molar-refractivity contribution >= 4 is 17.3 Å². The molecule has 0 aliphatic heterocycles. The second kappa shape index (κ2) is 6.23. The molecule has 20 heavy (non-hydrogen) atoms. The Morgan fingerprint density at radius 1 is 1.45 bits per heavy atom. The van der Waals surface area contributed by atoms with E-state index in [1.54, 1.807) is 18.3 Å². The number of benzene rings is 1. The first-order chi connectivity index (χ1) is 9.63. The van der Waals surface area contributed by atoms with Crippen LogP contribution in [0.1, 0.15) is 32.1 Å². The third-order valence-electron chi connectivity index (χ3n) is 3.24. The van der Waals surface area contributed by atoms with E-state index in [1.165, 1.54) is 0 Å². The number of carbonyl (C=O) groups is 1. The Kier molecular flexibility index (Phi) is 4.40. The summed E-state index contributed by atoms with van der Waals surface area (Å²) in [6, 6.07) is 6.92. The molecule has 2 aromatic rings. The SMILES string of the molecule is CCCc1nccn1C(C)C(=O)Nc1ccccc1N. The standard InChI is InChI=1S/C15H20N4O/c1-3-6-14-17-9-10-19(14)11(2)15(20)18-13-8-5-4-7-12(13)16/h4-5,7-11H,3,6,16H2,1-2H3,(H,18,20). The highest BCUT2D eigenvalue weighted by Crippen LogP contribution is 2.19. The summed E-state index contributed by atoms with van der Waals surface area (Å²) in [7, 11) is 0. The number of rotatable bonds is 5. The molecule has 0 radical (unpaired) electrons. The molecule has 0 saturated heterocycles. The van der Waals surface area contributed by atoms with E-state index in [4.69, 9.17) is 5.73 Å².